The van der Waals surface area contributed by atoms with Crippen molar-refractivity contribution in [3.63, 3.8) is 0 Å². The Labute approximate surface area is 113 Å². The molecule has 1 amide bonds. The normalized spacial score (nSPS) is 20.4. The van der Waals surface area contributed by atoms with Crippen molar-refractivity contribution in [1.82, 2.24) is 4.90 Å². The van der Waals surface area contributed by atoms with Crippen LogP contribution in [0.25, 0.3) is 6.08 Å². The van der Waals surface area contributed by atoms with Crippen molar-refractivity contribution in [2.24, 2.45) is 11.7 Å². The minimum atomic E-state index is 0.0884. The number of carbonyl (C=O) groups is 1. The number of carbonyl (C=O) groups excluding carboxylic acids is 1. The first-order valence-corrected chi connectivity index (χ1v) is 7.22. The fourth-order valence-electron chi connectivity index (χ4n) is 1.90. The van der Waals surface area contributed by atoms with Crippen LogP contribution >= 0.6 is 27.3 Å². The van der Waals surface area contributed by atoms with Crippen LogP contribution in [-0.2, 0) is 4.79 Å². The highest BCUT2D eigenvalue weighted by molar-refractivity contribution is 9.11. The summed E-state index contributed by atoms with van der Waals surface area (Å²) < 4.78 is 1.08. The fourth-order valence-corrected chi connectivity index (χ4v) is 3.23. The zero-order chi connectivity index (χ0) is 12.3. The van der Waals surface area contributed by atoms with Crippen LogP contribution in [0.5, 0.6) is 0 Å². The molecule has 0 saturated carbocycles. The van der Waals surface area contributed by atoms with E-state index in [4.69, 9.17) is 5.73 Å². The Morgan fingerprint density at radius 2 is 2.47 bits per heavy atom. The van der Waals surface area contributed by atoms with E-state index in [0.29, 0.717) is 12.5 Å². The van der Waals surface area contributed by atoms with Crippen molar-refractivity contribution in [3.05, 3.63) is 26.9 Å². The number of halogens is 1. The summed E-state index contributed by atoms with van der Waals surface area (Å²) in [7, 11) is 0. The number of rotatable bonds is 3. The lowest BCUT2D eigenvalue weighted by Crippen LogP contribution is -2.28. The molecule has 0 radical (unpaired) electrons. The van der Waals surface area contributed by atoms with Gasteiger partial charge in [-0.2, -0.15) is 0 Å². The predicted octanol–water partition coefficient (Wildman–Crippen LogP) is 2.33. The molecule has 1 aromatic rings. The molecule has 17 heavy (non-hydrogen) atoms. The third-order valence-corrected chi connectivity index (χ3v) is 4.50. The number of hydrogen-bond donors (Lipinski definition) is 1. The van der Waals surface area contributed by atoms with Gasteiger partial charge < -0.3 is 10.6 Å². The van der Waals surface area contributed by atoms with Crippen LogP contribution in [0.3, 0.4) is 0 Å². The monoisotopic (exact) mass is 314 g/mol. The van der Waals surface area contributed by atoms with Crippen LogP contribution in [-0.4, -0.2) is 30.4 Å². The van der Waals surface area contributed by atoms with Gasteiger partial charge in [-0.15, -0.1) is 11.3 Å². The molecule has 2 heterocycles. The molecule has 0 spiro atoms. The molecule has 1 aromatic heterocycles. The molecule has 92 valence electrons. The summed E-state index contributed by atoms with van der Waals surface area (Å²) in [4.78, 5) is 14.8. The Hall–Kier alpha value is -0.650. The first-order chi connectivity index (χ1) is 8.19. The van der Waals surface area contributed by atoms with E-state index in [0.717, 1.165) is 28.2 Å². The first kappa shape index (κ1) is 12.8. The summed E-state index contributed by atoms with van der Waals surface area (Å²) in [6.45, 7) is 2.30. The van der Waals surface area contributed by atoms with Crippen LogP contribution in [0.2, 0.25) is 0 Å². The second-order valence-electron chi connectivity index (χ2n) is 4.15. The standard InChI is InChI=1S/C12H15BrN2OS/c13-11-3-1-10(17-11)2-4-12(16)15-6-5-9(7-14)8-15/h1-4,9H,5-8,14H2. The largest absolute Gasteiger partial charge is 0.339 e. The molecule has 1 aliphatic heterocycles. The van der Waals surface area contributed by atoms with Gasteiger partial charge in [0, 0.05) is 24.0 Å². The van der Waals surface area contributed by atoms with Crippen molar-refractivity contribution in [2.75, 3.05) is 19.6 Å². The van der Waals surface area contributed by atoms with Gasteiger partial charge in [0.1, 0.15) is 0 Å². The zero-order valence-corrected chi connectivity index (χ0v) is 11.8. The Kier molecular flexibility index (Phi) is 4.36. The van der Waals surface area contributed by atoms with Crippen LogP contribution < -0.4 is 5.73 Å². The van der Waals surface area contributed by atoms with E-state index in [2.05, 4.69) is 15.9 Å². The Balaban J connectivity index is 1.91. The molecule has 1 unspecified atom stereocenters. The minimum Gasteiger partial charge on any atom is -0.339 e. The van der Waals surface area contributed by atoms with Crippen LogP contribution in [0.1, 0.15) is 11.3 Å². The Bertz CT molecular complexity index is 430. The average Bonchev–Trinajstić information content (AvgIpc) is 2.94. The molecule has 3 nitrogen and oxygen atoms in total. The highest BCUT2D eigenvalue weighted by Crippen LogP contribution is 2.23. The van der Waals surface area contributed by atoms with Gasteiger partial charge in [0.05, 0.1) is 3.79 Å². The van der Waals surface area contributed by atoms with Gasteiger partial charge in [0.15, 0.2) is 0 Å². The average molecular weight is 315 g/mol. The van der Waals surface area contributed by atoms with Gasteiger partial charge in [0.2, 0.25) is 5.91 Å². The van der Waals surface area contributed by atoms with E-state index in [1.54, 1.807) is 17.4 Å². The van der Waals surface area contributed by atoms with E-state index in [1.807, 2.05) is 23.1 Å². The summed E-state index contributed by atoms with van der Waals surface area (Å²) in [6, 6.07) is 3.97. The topological polar surface area (TPSA) is 46.3 Å². The number of hydrogen-bond acceptors (Lipinski definition) is 3. The Morgan fingerprint density at radius 3 is 3.06 bits per heavy atom. The molecule has 0 aliphatic carbocycles. The second kappa shape index (κ2) is 5.80. The predicted molar refractivity (Wildman–Crippen MR) is 74.8 cm³/mol. The number of likely N-dealkylation sites (tertiary alicyclic amines) is 1. The second-order valence-corrected chi connectivity index (χ2v) is 6.64. The summed E-state index contributed by atoms with van der Waals surface area (Å²) in [5, 5.41) is 0. The van der Waals surface area contributed by atoms with E-state index in [9.17, 15) is 4.79 Å². The van der Waals surface area contributed by atoms with Gasteiger partial charge in [-0.3, -0.25) is 4.79 Å². The molecule has 1 atom stereocenters. The van der Waals surface area contributed by atoms with Crippen molar-refractivity contribution in [1.29, 1.82) is 0 Å². The number of amides is 1. The van der Waals surface area contributed by atoms with E-state index in [1.165, 1.54) is 0 Å². The summed E-state index contributed by atoms with van der Waals surface area (Å²) in [5.41, 5.74) is 5.60. The van der Waals surface area contributed by atoms with Crippen LogP contribution in [0.4, 0.5) is 0 Å². The molecular formula is C12H15BrN2OS. The van der Waals surface area contributed by atoms with E-state index >= 15 is 0 Å². The molecule has 2 N–H and O–H groups in total. The third kappa shape index (κ3) is 3.40. The highest BCUT2D eigenvalue weighted by atomic mass is 79.9. The van der Waals surface area contributed by atoms with Gasteiger partial charge in [-0.05, 0) is 53.0 Å². The van der Waals surface area contributed by atoms with Crippen LogP contribution in [0.15, 0.2) is 22.0 Å². The lowest BCUT2D eigenvalue weighted by Gasteiger charge is -2.13. The molecule has 1 fully saturated rings. The minimum absolute atomic E-state index is 0.0884. The first-order valence-electron chi connectivity index (χ1n) is 5.61. The summed E-state index contributed by atoms with van der Waals surface area (Å²) in [6.07, 6.45) is 4.55. The lowest BCUT2D eigenvalue weighted by atomic mass is 10.1. The maximum absolute atomic E-state index is 11.9. The number of nitrogens with zero attached hydrogens (tertiary/aromatic N) is 1. The maximum atomic E-state index is 11.9. The van der Waals surface area contributed by atoms with Gasteiger partial charge in [-0.1, -0.05) is 0 Å². The van der Waals surface area contributed by atoms with Crippen molar-refractivity contribution >= 4 is 39.2 Å². The van der Waals surface area contributed by atoms with Gasteiger partial charge >= 0.3 is 0 Å². The highest BCUT2D eigenvalue weighted by Gasteiger charge is 2.23. The zero-order valence-electron chi connectivity index (χ0n) is 9.43. The number of nitrogens with two attached hydrogens (primary N) is 1. The maximum Gasteiger partial charge on any atom is 0.246 e. The van der Waals surface area contributed by atoms with Crippen molar-refractivity contribution in [3.8, 4) is 0 Å². The van der Waals surface area contributed by atoms with Gasteiger partial charge in [0.25, 0.3) is 0 Å². The summed E-state index contributed by atoms with van der Waals surface area (Å²) >= 11 is 5.01. The SMILES string of the molecule is NCC1CCN(C(=O)C=Cc2ccc(Br)s2)C1. The smallest absolute Gasteiger partial charge is 0.246 e. The lowest BCUT2D eigenvalue weighted by molar-refractivity contribution is -0.125. The third-order valence-electron chi connectivity index (χ3n) is 2.92. The fraction of sp³-hybridized carbons (Fsp3) is 0.417. The quantitative estimate of drug-likeness (QED) is 0.870. The molecular weight excluding hydrogens is 300 g/mol. The van der Waals surface area contributed by atoms with E-state index < -0.39 is 0 Å². The molecule has 5 heteroatoms. The number of thiophene rings is 1. The van der Waals surface area contributed by atoms with E-state index in [-0.39, 0.29) is 5.91 Å². The molecule has 0 aromatic carbocycles. The molecule has 1 saturated heterocycles. The van der Waals surface area contributed by atoms with Crippen LogP contribution in [0, 0.1) is 5.92 Å². The molecule has 1 aliphatic rings. The van der Waals surface area contributed by atoms with Gasteiger partial charge in [-0.25, -0.2) is 0 Å². The van der Waals surface area contributed by atoms with Crippen molar-refractivity contribution < 1.29 is 4.79 Å². The molecule has 2 rings (SSSR count). The molecule has 0 bridgehead atoms. The summed E-state index contributed by atoms with van der Waals surface area (Å²) in [5.74, 6) is 0.564. The Morgan fingerprint density at radius 1 is 1.65 bits per heavy atom. The van der Waals surface area contributed by atoms with Crippen molar-refractivity contribution in [2.45, 2.75) is 6.42 Å².